The van der Waals surface area contributed by atoms with Gasteiger partial charge in [-0.15, -0.1) is 0 Å². The fourth-order valence-corrected chi connectivity index (χ4v) is 2.21. The SMILES string of the molecule is CCCCC(CC)(CC=O)C1OCCO1. The van der Waals surface area contributed by atoms with Gasteiger partial charge in [0.15, 0.2) is 6.29 Å². The quantitative estimate of drug-likeness (QED) is 0.611. The zero-order valence-corrected chi connectivity index (χ0v) is 9.83. The Balaban J connectivity index is 2.66. The summed E-state index contributed by atoms with van der Waals surface area (Å²) in [6, 6.07) is 0. The van der Waals surface area contributed by atoms with Crippen molar-refractivity contribution in [3.63, 3.8) is 0 Å². The summed E-state index contributed by atoms with van der Waals surface area (Å²) in [5.41, 5.74) is -0.0890. The molecular formula is C12H22O3. The average Bonchev–Trinajstić information content (AvgIpc) is 2.78. The van der Waals surface area contributed by atoms with Crippen molar-refractivity contribution in [2.75, 3.05) is 13.2 Å². The van der Waals surface area contributed by atoms with Crippen molar-refractivity contribution in [3.05, 3.63) is 0 Å². The molecule has 0 aromatic carbocycles. The molecule has 88 valence electrons. The molecule has 0 radical (unpaired) electrons. The average molecular weight is 214 g/mol. The molecule has 0 bridgehead atoms. The number of hydrogen-bond acceptors (Lipinski definition) is 3. The van der Waals surface area contributed by atoms with Gasteiger partial charge in [0.1, 0.15) is 6.29 Å². The molecule has 0 spiro atoms. The molecule has 15 heavy (non-hydrogen) atoms. The molecule has 3 heteroatoms. The lowest BCUT2D eigenvalue weighted by atomic mass is 9.77. The summed E-state index contributed by atoms with van der Waals surface area (Å²) >= 11 is 0. The Kier molecular flexibility index (Phi) is 5.26. The molecule has 3 nitrogen and oxygen atoms in total. The predicted molar refractivity (Wildman–Crippen MR) is 58.6 cm³/mol. The Hall–Kier alpha value is -0.410. The molecule has 0 aromatic heterocycles. The minimum atomic E-state index is -0.167. The summed E-state index contributed by atoms with van der Waals surface area (Å²) in [6.45, 7) is 5.61. The van der Waals surface area contributed by atoms with E-state index in [1.54, 1.807) is 0 Å². The maximum absolute atomic E-state index is 10.8. The van der Waals surface area contributed by atoms with Crippen molar-refractivity contribution in [2.45, 2.75) is 52.2 Å². The van der Waals surface area contributed by atoms with Gasteiger partial charge in [0.25, 0.3) is 0 Å². The van der Waals surface area contributed by atoms with Gasteiger partial charge in [-0.05, 0) is 12.8 Å². The zero-order valence-electron chi connectivity index (χ0n) is 9.83. The van der Waals surface area contributed by atoms with E-state index in [1.807, 2.05) is 0 Å². The van der Waals surface area contributed by atoms with Crippen LogP contribution in [0.2, 0.25) is 0 Å². The molecule has 1 heterocycles. The molecule has 1 saturated heterocycles. The third-order valence-corrected chi connectivity index (χ3v) is 3.34. The van der Waals surface area contributed by atoms with Gasteiger partial charge in [0, 0.05) is 11.8 Å². The number of rotatable bonds is 7. The van der Waals surface area contributed by atoms with E-state index < -0.39 is 0 Å². The van der Waals surface area contributed by atoms with Crippen LogP contribution in [0, 0.1) is 5.41 Å². The summed E-state index contributed by atoms with van der Waals surface area (Å²) in [5, 5.41) is 0. The molecule has 1 aliphatic rings. The summed E-state index contributed by atoms with van der Waals surface area (Å²) in [7, 11) is 0. The van der Waals surface area contributed by atoms with Crippen molar-refractivity contribution in [1.82, 2.24) is 0 Å². The topological polar surface area (TPSA) is 35.5 Å². The highest BCUT2D eigenvalue weighted by molar-refractivity contribution is 5.51. The van der Waals surface area contributed by atoms with Crippen LogP contribution in [0.15, 0.2) is 0 Å². The van der Waals surface area contributed by atoms with Crippen LogP contribution in [0.25, 0.3) is 0 Å². The smallest absolute Gasteiger partial charge is 0.163 e. The van der Waals surface area contributed by atoms with Crippen LogP contribution in [0.5, 0.6) is 0 Å². The van der Waals surface area contributed by atoms with E-state index >= 15 is 0 Å². The van der Waals surface area contributed by atoms with Crippen LogP contribution in [0.1, 0.15) is 46.0 Å². The highest BCUT2D eigenvalue weighted by Crippen LogP contribution is 2.39. The number of hydrogen-bond donors (Lipinski definition) is 0. The van der Waals surface area contributed by atoms with Crippen LogP contribution in [-0.2, 0) is 14.3 Å². The van der Waals surface area contributed by atoms with Crippen LogP contribution in [0.4, 0.5) is 0 Å². The summed E-state index contributed by atoms with van der Waals surface area (Å²) < 4.78 is 11.2. The molecule has 0 aliphatic carbocycles. The predicted octanol–water partition coefficient (Wildman–Crippen LogP) is 2.53. The second-order valence-corrected chi connectivity index (χ2v) is 4.26. The van der Waals surface area contributed by atoms with Crippen molar-refractivity contribution in [1.29, 1.82) is 0 Å². The molecular weight excluding hydrogens is 192 g/mol. The second-order valence-electron chi connectivity index (χ2n) is 4.26. The fourth-order valence-electron chi connectivity index (χ4n) is 2.21. The molecule has 1 unspecified atom stereocenters. The summed E-state index contributed by atoms with van der Waals surface area (Å²) in [6.07, 6.45) is 5.62. The number of carbonyl (C=O) groups excluding carboxylic acids is 1. The van der Waals surface area contributed by atoms with Crippen LogP contribution in [-0.4, -0.2) is 25.8 Å². The molecule has 0 aromatic rings. The van der Waals surface area contributed by atoms with Crippen LogP contribution in [0.3, 0.4) is 0 Å². The van der Waals surface area contributed by atoms with Gasteiger partial charge in [0.2, 0.25) is 0 Å². The van der Waals surface area contributed by atoms with Crippen molar-refractivity contribution < 1.29 is 14.3 Å². The highest BCUT2D eigenvalue weighted by Gasteiger charge is 2.40. The third kappa shape index (κ3) is 3.02. The van der Waals surface area contributed by atoms with Gasteiger partial charge in [-0.25, -0.2) is 0 Å². The van der Waals surface area contributed by atoms with Gasteiger partial charge < -0.3 is 14.3 Å². The Morgan fingerprint density at radius 3 is 2.47 bits per heavy atom. The first kappa shape index (κ1) is 12.7. The number of aldehydes is 1. The minimum absolute atomic E-state index is 0.0890. The molecule has 0 amide bonds. The third-order valence-electron chi connectivity index (χ3n) is 3.34. The molecule has 0 saturated carbocycles. The Bertz CT molecular complexity index is 187. The van der Waals surface area contributed by atoms with Crippen LogP contribution < -0.4 is 0 Å². The van der Waals surface area contributed by atoms with E-state index in [-0.39, 0.29) is 11.7 Å². The lowest BCUT2D eigenvalue weighted by molar-refractivity contribution is -0.147. The minimum Gasteiger partial charge on any atom is -0.350 e. The van der Waals surface area contributed by atoms with E-state index in [2.05, 4.69) is 13.8 Å². The molecule has 1 aliphatic heterocycles. The van der Waals surface area contributed by atoms with Gasteiger partial charge in [-0.2, -0.15) is 0 Å². The first-order valence-electron chi connectivity index (χ1n) is 5.96. The van der Waals surface area contributed by atoms with E-state index in [1.165, 1.54) is 0 Å². The van der Waals surface area contributed by atoms with Gasteiger partial charge in [0.05, 0.1) is 13.2 Å². The lowest BCUT2D eigenvalue weighted by Crippen LogP contribution is -2.36. The van der Waals surface area contributed by atoms with Crippen LogP contribution >= 0.6 is 0 Å². The first-order chi connectivity index (χ1) is 7.29. The maximum Gasteiger partial charge on any atom is 0.163 e. The summed E-state index contributed by atoms with van der Waals surface area (Å²) in [4.78, 5) is 10.8. The van der Waals surface area contributed by atoms with E-state index in [0.29, 0.717) is 19.6 Å². The maximum atomic E-state index is 10.8. The summed E-state index contributed by atoms with van der Waals surface area (Å²) in [5.74, 6) is 0. The molecule has 1 atom stereocenters. The van der Waals surface area contributed by atoms with Gasteiger partial charge in [-0.1, -0.05) is 26.7 Å². The molecule has 1 rings (SSSR count). The second kappa shape index (κ2) is 6.23. The van der Waals surface area contributed by atoms with Gasteiger partial charge >= 0.3 is 0 Å². The largest absolute Gasteiger partial charge is 0.350 e. The van der Waals surface area contributed by atoms with E-state index in [4.69, 9.17) is 9.47 Å². The normalized spacial score (nSPS) is 21.5. The highest BCUT2D eigenvalue weighted by atomic mass is 16.7. The number of ether oxygens (including phenoxy) is 2. The number of unbranched alkanes of at least 4 members (excludes halogenated alkanes) is 1. The van der Waals surface area contributed by atoms with E-state index in [0.717, 1.165) is 32.0 Å². The van der Waals surface area contributed by atoms with Gasteiger partial charge in [-0.3, -0.25) is 0 Å². The zero-order chi connectivity index (χ0) is 11.1. The Morgan fingerprint density at radius 1 is 1.33 bits per heavy atom. The Morgan fingerprint density at radius 2 is 2.00 bits per heavy atom. The number of carbonyl (C=O) groups is 1. The van der Waals surface area contributed by atoms with E-state index in [9.17, 15) is 4.79 Å². The fraction of sp³-hybridized carbons (Fsp3) is 0.917. The molecule has 0 N–H and O–H groups in total. The monoisotopic (exact) mass is 214 g/mol. The first-order valence-corrected chi connectivity index (χ1v) is 5.96. The van der Waals surface area contributed by atoms with Crippen molar-refractivity contribution in [3.8, 4) is 0 Å². The lowest BCUT2D eigenvalue weighted by Gasteiger charge is -2.35. The Labute approximate surface area is 92.1 Å². The molecule has 1 fully saturated rings. The van der Waals surface area contributed by atoms with Crippen molar-refractivity contribution >= 4 is 6.29 Å². The standard InChI is InChI=1S/C12H22O3/c1-3-5-6-12(4-2,7-8-13)11-14-9-10-15-11/h8,11H,3-7,9-10H2,1-2H3. The van der Waals surface area contributed by atoms with Crippen molar-refractivity contribution in [2.24, 2.45) is 5.41 Å².